The van der Waals surface area contributed by atoms with Gasteiger partial charge in [0.25, 0.3) is 0 Å². The van der Waals surface area contributed by atoms with E-state index in [-0.39, 0.29) is 5.69 Å². The molecule has 0 spiro atoms. The zero-order valence-corrected chi connectivity index (χ0v) is 6.26. The van der Waals surface area contributed by atoms with Crippen LogP contribution in [0.15, 0.2) is 12.3 Å². The number of rotatable bonds is 1. The maximum absolute atomic E-state index is 10.9. The second-order valence-electron chi connectivity index (χ2n) is 2.25. The van der Waals surface area contributed by atoms with Gasteiger partial charge in [-0.2, -0.15) is 5.26 Å². The molecule has 2 heterocycles. The van der Waals surface area contributed by atoms with Crippen molar-refractivity contribution in [3.63, 3.8) is 0 Å². The van der Waals surface area contributed by atoms with Gasteiger partial charge >= 0.3 is 5.97 Å². The van der Waals surface area contributed by atoms with E-state index in [0.717, 1.165) is 0 Å². The number of hydrogen-bond donors (Lipinski definition) is 2. The molecule has 2 rings (SSSR count). The van der Waals surface area contributed by atoms with E-state index in [0.29, 0.717) is 11.0 Å². The molecule has 0 radical (unpaired) electrons. The minimum Gasteiger partial charge on any atom is -0.358 e. The molecule has 0 atom stereocenters. The Hall–Kier alpha value is -2.02. The van der Waals surface area contributed by atoms with Gasteiger partial charge in [0.05, 0.1) is 0 Å². The molecule has 0 saturated heterocycles. The molecule has 0 fully saturated rings. The molecule has 7 heteroatoms. The van der Waals surface area contributed by atoms with Crippen molar-refractivity contribution in [3.8, 4) is 0 Å². The first-order valence-electron chi connectivity index (χ1n) is 3.35. The van der Waals surface area contributed by atoms with E-state index in [9.17, 15) is 4.79 Å². The van der Waals surface area contributed by atoms with Crippen LogP contribution in [-0.4, -0.2) is 31.6 Å². The number of hydrogen-bond acceptors (Lipinski definition) is 6. The van der Waals surface area contributed by atoms with Gasteiger partial charge in [-0.05, 0) is 11.3 Å². The van der Waals surface area contributed by atoms with E-state index in [1.165, 1.54) is 0 Å². The Morgan fingerprint density at radius 3 is 3.15 bits per heavy atom. The number of nitrogens with zero attached hydrogens (tertiary/aromatic N) is 3. The highest BCUT2D eigenvalue weighted by molar-refractivity contribution is 5.98. The van der Waals surface area contributed by atoms with Gasteiger partial charge in [0, 0.05) is 6.20 Å². The summed E-state index contributed by atoms with van der Waals surface area (Å²) in [6.45, 7) is 0. The lowest BCUT2D eigenvalue weighted by atomic mass is 10.3. The third kappa shape index (κ3) is 1.11. The highest BCUT2D eigenvalue weighted by Gasteiger charge is 2.15. The molecule has 7 nitrogen and oxygen atoms in total. The molecule has 0 aliphatic heterocycles. The molecule has 0 aromatic carbocycles. The molecule has 13 heavy (non-hydrogen) atoms. The molecule has 0 bridgehead atoms. The third-order valence-corrected chi connectivity index (χ3v) is 1.54. The van der Waals surface area contributed by atoms with Crippen molar-refractivity contribution < 1.29 is 14.9 Å². The average Bonchev–Trinajstić information content (AvgIpc) is 2.63. The molecule has 0 aliphatic rings. The molecule has 2 N–H and O–H groups in total. The first kappa shape index (κ1) is 7.62. The van der Waals surface area contributed by atoms with Crippen molar-refractivity contribution in [3.05, 3.63) is 18.0 Å². The van der Waals surface area contributed by atoms with Crippen molar-refractivity contribution in [2.75, 3.05) is 0 Å². The van der Waals surface area contributed by atoms with Crippen LogP contribution < -0.4 is 0 Å². The maximum Gasteiger partial charge on any atom is 0.395 e. The van der Waals surface area contributed by atoms with E-state index in [1.54, 1.807) is 12.3 Å². The molecule has 66 valence electrons. The first-order chi connectivity index (χ1) is 6.33. The lowest BCUT2D eigenvalue weighted by molar-refractivity contribution is -0.183. The zero-order chi connectivity index (χ0) is 9.26. The van der Waals surface area contributed by atoms with Crippen molar-refractivity contribution >= 4 is 17.0 Å². The summed E-state index contributed by atoms with van der Waals surface area (Å²) < 4.78 is 0. The molecule has 2 aromatic rings. The summed E-state index contributed by atoms with van der Waals surface area (Å²) in [5.74, 6) is -0.970. The van der Waals surface area contributed by atoms with Gasteiger partial charge in [-0.1, -0.05) is 0 Å². The van der Waals surface area contributed by atoms with Gasteiger partial charge in [-0.15, -0.1) is 10.2 Å². The summed E-state index contributed by atoms with van der Waals surface area (Å²) in [6.07, 6.45) is 1.58. The summed E-state index contributed by atoms with van der Waals surface area (Å²) in [6, 6.07) is 1.62. The fraction of sp³-hybridized carbons (Fsp3) is 0. The van der Waals surface area contributed by atoms with E-state index in [2.05, 4.69) is 25.3 Å². The molecule has 0 saturated carbocycles. The lowest BCUT2D eigenvalue weighted by Gasteiger charge is -1.94. The topological polar surface area (TPSA) is 101 Å². The van der Waals surface area contributed by atoms with Crippen molar-refractivity contribution in [1.29, 1.82) is 0 Å². The van der Waals surface area contributed by atoms with Gasteiger partial charge < -0.3 is 4.98 Å². The molecular formula is C6H4N4O3. The van der Waals surface area contributed by atoms with Crippen LogP contribution in [0.4, 0.5) is 0 Å². The summed E-state index contributed by atoms with van der Waals surface area (Å²) in [5.41, 5.74) is 0.766. The summed E-state index contributed by atoms with van der Waals surface area (Å²) in [4.78, 5) is 17.2. The van der Waals surface area contributed by atoms with Gasteiger partial charge in [0.2, 0.25) is 5.69 Å². The minimum atomic E-state index is -0.970. The van der Waals surface area contributed by atoms with Crippen LogP contribution in [0, 0.1) is 0 Å². The number of nitrogens with one attached hydrogen (secondary N) is 1. The predicted octanol–water partition coefficient (Wildman–Crippen LogP) is -0.0173. The van der Waals surface area contributed by atoms with E-state index in [4.69, 9.17) is 5.26 Å². The number of fused-ring (bicyclic) bond motifs is 1. The number of H-pyrrole nitrogens is 1. The van der Waals surface area contributed by atoms with E-state index in [1.807, 2.05) is 0 Å². The number of aromatic amines is 1. The van der Waals surface area contributed by atoms with Crippen LogP contribution in [0.3, 0.4) is 0 Å². The third-order valence-electron chi connectivity index (χ3n) is 1.54. The summed E-state index contributed by atoms with van der Waals surface area (Å²) in [5, 5.41) is 18.5. The second kappa shape index (κ2) is 2.79. The van der Waals surface area contributed by atoms with Crippen LogP contribution in [-0.2, 0) is 4.89 Å². The Morgan fingerprint density at radius 1 is 1.54 bits per heavy atom. The van der Waals surface area contributed by atoms with Crippen LogP contribution in [0.5, 0.6) is 0 Å². The van der Waals surface area contributed by atoms with E-state index >= 15 is 0 Å². The second-order valence-corrected chi connectivity index (χ2v) is 2.25. The Kier molecular flexibility index (Phi) is 1.64. The van der Waals surface area contributed by atoms with Crippen molar-refractivity contribution in [1.82, 2.24) is 20.4 Å². The minimum absolute atomic E-state index is 0.0995. The Labute approximate surface area is 71.3 Å². The first-order valence-corrected chi connectivity index (χ1v) is 3.35. The van der Waals surface area contributed by atoms with Crippen LogP contribution >= 0.6 is 0 Å². The fourth-order valence-electron chi connectivity index (χ4n) is 0.986. The normalized spacial score (nSPS) is 10.2. The number of carbonyl (C=O) groups is 1. The van der Waals surface area contributed by atoms with Gasteiger partial charge in [0.1, 0.15) is 11.0 Å². The Bertz CT molecular complexity index is 452. The average molecular weight is 180 g/mol. The monoisotopic (exact) mass is 180 g/mol. The quantitative estimate of drug-likeness (QED) is 0.472. The van der Waals surface area contributed by atoms with Crippen molar-refractivity contribution in [2.45, 2.75) is 0 Å². The van der Waals surface area contributed by atoms with Crippen LogP contribution in [0.1, 0.15) is 10.5 Å². The molecule has 2 aromatic heterocycles. The maximum atomic E-state index is 10.9. The largest absolute Gasteiger partial charge is 0.395 e. The molecular weight excluding hydrogens is 176 g/mol. The van der Waals surface area contributed by atoms with Crippen molar-refractivity contribution in [2.24, 2.45) is 0 Å². The smallest absolute Gasteiger partial charge is 0.358 e. The zero-order valence-electron chi connectivity index (χ0n) is 6.26. The fourth-order valence-corrected chi connectivity index (χ4v) is 0.986. The molecule has 0 unspecified atom stereocenters. The van der Waals surface area contributed by atoms with Crippen LogP contribution in [0.2, 0.25) is 0 Å². The Morgan fingerprint density at radius 2 is 2.38 bits per heavy atom. The number of aromatic nitrogens is 4. The summed E-state index contributed by atoms with van der Waals surface area (Å²) >= 11 is 0. The SMILES string of the molecule is O=C(OO)c1nnnc2cc[nH]c12. The standard InChI is InChI=1S/C6H4N4O3/c11-6(13-12)5-4-3(1-2-7-4)8-10-9-5/h1-2,7,12H. The van der Waals surface area contributed by atoms with Gasteiger partial charge in [0.15, 0.2) is 0 Å². The highest BCUT2D eigenvalue weighted by Crippen LogP contribution is 2.11. The Balaban J connectivity index is 2.67. The molecule has 0 aliphatic carbocycles. The highest BCUT2D eigenvalue weighted by atomic mass is 17.1. The summed E-state index contributed by atoms with van der Waals surface area (Å²) in [7, 11) is 0. The predicted molar refractivity (Wildman–Crippen MR) is 39.7 cm³/mol. The van der Waals surface area contributed by atoms with Crippen LogP contribution in [0.25, 0.3) is 11.0 Å². The van der Waals surface area contributed by atoms with Gasteiger partial charge in [-0.25, -0.2) is 4.79 Å². The lowest BCUT2D eigenvalue weighted by Crippen LogP contribution is -2.07. The van der Waals surface area contributed by atoms with E-state index < -0.39 is 5.97 Å². The van der Waals surface area contributed by atoms with Gasteiger partial charge in [-0.3, -0.25) is 4.89 Å². The molecule has 0 amide bonds. The number of carbonyl (C=O) groups excluding carboxylic acids is 1.